The lowest BCUT2D eigenvalue weighted by molar-refractivity contribution is 0.0268. The third-order valence-corrected chi connectivity index (χ3v) is 5.01. The van der Waals surface area contributed by atoms with Crippen molar-refractivity contribution in [1.29, 1.82) is 0 Å². The quantitative estimate of drug-likeness (QED) is 0.892. The minimum absolute atomic E-state index is 0.0604. The Balaban J connectivity index is 1.84. The highest BCUT2D eigenvalue weighted by molar-refractivity contribution is 7.22. The summed E-state index contributed by atoms with van der Waals surface area (Å²) in [7, 11) is 1.77. The first-order chi connectivity index (χ1) is 10.1. The van der Waals surface area contributed by atoms with Crippen LogP contribution < -0.4 is 5.73 Å². The van der Waals surface area contributed by atoms with Gasteiger partial charge in [0.2, 0.25) is 0 Å². The monoisotopic (exact) mass is 305 g/mol. The van der Waals surface area contributed by atoms with Gasteiger partial charge in [0.25, 0.3) is 5.91 Å². The lowest BCUT2D eigenvalue weighted by atomic mass is 9.91. The first-order valence-corrected chi connectivity index (χ1v) is 7.99. The molecule has 112 valence electrons. The summed E-state index contributed by atoms with van der Waals surface area (Å²) in [5.74, 6) is -0.0604. The Bertz CT molecular complexity index is 670. The SMILES string of the molecule is CN(C(=O)c1ccc2nc(N)sc2c1)C1CCCCC1O. The summed E-state index contributed by atoms with van der Waals surface area (Å²) in [6.45, 7) is 0. The molecular formula is C15H19N3O2S. The molecule has 3 N–H and O–H groups in total. The average molecular weight is 305 g/mol. The summed E-state index contributed by atoms with van der Waals surface area (Å²) in [6, 6.07) is 5.33. The summed E-state index contributed by atoms with van der Waals surface area (Å²) in [4.78, 5) is 18.5. The number of aliphatic hydroxyl groups is 1. The molecule has 1 saturated carbocycles. The lowest BCUT2D eigenvalue weighted by Crippen LogP contribution is -2.46. The van der Waals surface area contributed by atoms with Crippen LogP contribution in [0.2, 0.25) is 0 Å². The largest absolute Gasteiger partial charge is 0.391 e. The van der Waals surface area contributed by atoms with Crippen LogP contribution in [0.15, 0.2) is 18.2 Å². The van der Waals surface area contributed by atoms with E-state index in [1.54, 1.807) is 18.0 Å². The van der Waals surface area contributed by atoms with Crippen molar-refractivity contribution in [2.24, 2.45) is 0 Å². The molecular weight excluding hydrogens is 286 g/mol. The Labute approximate surface area is 127 Å². The van der Waals surface area contributed by atoms with E-state index < -0.39 is 6.10 Å². The number of nitrogens with zero attached hydrogens (tertiary/aromatic N) is 2. The number of aliphatic hydroxyl groups excluding tert-OH is 1. The molecule has 2 unspecified atom stereocenters. The summed E-state index contributed by atoms with van der Waals surface area (Å²) >= 11 is 1.38. The van der Waals surface area contributed by atoms with Gasteiger partial charge in [-0.15, -0.1) is 0 Å². The fourth-order valence-corrected chi connectivity index (χ4v) is 3.75. The van der Waals surface area contributed by atoms with E-state index in [4.69, 9.17) is 5.73 Å². The molecule has 0 aliphatic heterocycles. The number of fused-ring (bicyclic) bond motifs is 1. The van der Waals surface area contributed by atoms with Gasteiger partial charge in [-0.2, -0.15) is 0 Å². The van der Waals surface area contributed by atoms with Crippen LogP contribution in [0.3, 0.4) is 0 Å². The molecule has 0 radical (unpaired) electrons. The zero-order valence-electron chi connectivity index (χ0n) is 12.0. The van der Waals surface area contributed by atoms with E-state index >= 15 is 0 Å². The van der Waals surface area contributed by atoms with E-state index in [0.29, 0.717) is 10.7 Å². The van der Waals surface area contributed by atoms with Gasteiger partial charge in [-0.05, 0) is 31.0 Å². The number of anilines is 1. The highest BCUT2D eigenvalue weighted by atomic mass is 32.1. The second-order valence-electron chi connectivity index (χ2n) is 5.57. The third-order valence-electron chi connectivity index (χ3n) is 4.16. The highest BCUT2D eigenvalue weighted by Gasteiger charge is 2.29. The Kier molecular flexibility index (Phi) is 3.82. The predicted molar refractivity (Wildman–Crippen MR) is 84.4 cm³/mol. The van der Waals surface area contributed by atoms with Crippen molar-refractivity contribution in [3.63, 3.8) is 0 Å². The van der Waals surface area contributed by atoms with Gasteiger partial charge in [0, 0.05) is 12.6 Å². The maximum Gasteiger partial charge on any atom is 0.253 e. The summed E-state index contributed by atoms with van der Waals surface area (Å²) in [5.41, 5.74) is 7.12. The Morgan fingerprint density at radius 3 is 2.95 bits per heavy atom. The Hall–Kier alpha value is -1.66. The molecule has 0 bridgehead atoms. The molecule has 2 atom stereocenters. The smallest absolute Gasteiger partial charge is 0.253 e. The van der Waals surface area contributed by atoms with Gasteiger partial charge in [-0.1, -0.05) is 24.2 Å². The fraction of sp³-hybridized carbons (Fsp3) is 0.467. The molecule has 1 fully saturated rings. The molecule has 3 rings (SSSR count). The number of carbonyl (C=O) groups is 1. The Morgan fingerprint density at radius 1 is 1.43 bits per heavy atom. The van der Waals surface area contributed by atoms with Crippen LogP contribution in [-0.4, -0.2) is 40.1 Å². The third kappa shape index (κ3) is 2.73. The van der Waals surface area contributed by atoms with Crippen molar-refractivity contribution in [2.75, 3.05) is 12.8 Å². The van der Waals surface area contributed by atoms with Gasteiger partial charge in [-0.3, -0.25) is 4.79 Å². The number of hydrogen-bond acceptors (Lipinski definition) is 5. The predicted octanol–water partition coefficient (Wildman–Crippen LogP) is 2.25. The molecule has 1 aliphatic carbocycles. The van der Waals surface area contributed by atoms with Crippen molar-refractivity contribution in [2.45, 2.75) is 37.8 Å². The molecule has 1 heterocycles. The van der Waals surface area contributed by atoms with E-state index in [9.17, 15) is 9.90 Å². The number of amides is 1. The van der Waals surface area contributed by atoms with Gasteiger partial charge >= 0.3 is 0 Å². The van der Waals surface area contributed by atoms with E-state index in [-0.39, 0.29) is 11.9 Å². The summed E-state index contributed by atoms with van der Waals surface area (Å²) < 4.78 is 0.913. The zero-order chi connectivity index (χ0) is 15.0. The van der Waals surface area contributed by atoms with Crippen LogP contribution in [0.1, 0.15) is 36.0 Å². The number of aromatic nitrogens is 1. The lowest BCUT2D eigenvalue weighted by Gasteiger charge is -2.35. The van der Waals surface area contributed by atoms with Crippen molar-refractivity contribution >= 4 is 32.6 Å². The topological polar surface area (TPSA) is 79.5 Å². The van der Waals surface area contributed by atoms with Gasteiger partial charge in [-0.25, -0.2) is 4.98 Å². The van der Waals surface area contributed by atoms with E-state index in [1.807, 2.05) is 12.1 Å². The number of benzene rings is 1. The van der Waals surface area contributed by atoms with Gasteiger partial charge in [0.1, 0.15) is 0 Å². The molecule has 1 aromatic heterocycles. The molecule has 5 nitrogen and oxygen atoms in total. The second kappa shape index (κ2) is 5.61. The number of rotatable bonds is 2. The summed E-state index contributed by atoms with van der Waals surface area (Å²) in [6.07, 6.45) is 3.30. The van der Waals surface area contributed by atoms with E-state index in [0.717, 1.165) is 35.9 Å². The van der Waals surface area contributed by atoms with Crippen molar-refractivity contribution in [3.05, 3.63) is 23.8 Å². The molecule has 0 saturated heterocycles. The van der Waals surface area contributed by atoms with Crippen LogP contribution in [-0.2, 0) is 0 Å². The number of thiazole rings is 1. The van der Waals surface area contributed by atoms with Gasteiger partial charge < -0.3 is 15.7 Å². The van der Waals surface area contributed by atoms with Crippen molar-refractivity contribution in [1.82, 2.24) is 9.88 Å². The first kappa shape index (κ1) is 14.3. The minimum Gasteiger partial charge on any atom is -0.391 e. The molecule has 2 aromatic rings. The fourth-order valence-electron chi connectivity index (χ4n) is 2.97. The standard InChI is InChI=1S/C15H19N3O2S/c1-18(11-4-2-3-5-12(11)19)14(20)9-6-7-10-13(8-9)21-15(16)17-10/h6-8,11-12,19H,2-5H2,1H3,(H2,16,17). The first-order valence-electron chi connectivity index (χ1n) is 7.17. The molecule has 6 heteroatoms. The van der Waals surface area contributed by atoms with Gasteiger partial charge in [0.05, 0.1) is 22.4 Å². The van der Waals surface area contributed by atoms with Crippen LogP contribution in [0.25, 0.3) is 10.2 Å². The number of nitrogens with two attached hydrogens (primary N) is 1. The summed E-state index contributed by atoms with van der Waals surface area (Å²) in [5, 5.41) is 10.6. The van der Waals surface area contributed by atoms with Crippen molar-refractivity contribution in [3.8, 4) is 0 Å². The highest BCUT2D eigenvalue weighted by Crippen LogP contribution is 2.27. The minimum atomic E-state index is -0.421. The molecule has 21 heavy (non-hydrogen) atoms. The normalized spacial score (nSPS) is 22.4. The van der Waals surface area contributed by atoms with Crippen LogP contribution in [0, 0.1) is 0 Å². The number of nitrogen functional groups attached to an aromatic ring is 1. The number of likely N-dealkylation sites (N-methyl/N-ethyl adjacent to an activating group) is 1. The van der Waals surface area contributed by atoms with Crippen LogP contribution >= 0.6 is 11.3 Å². The average Bonchev–Trinajstić information content (AvgIpc) is 2.85. The molecule has 0 spiro atoms. The zero-order valence-corrected chi connectivity index (χ0v) is 12.8. The molecule has 1 aliphatic rings. The van der Waals surface area contributed by atoms with Crippen LogP contribution in [0.5, 0.6) is 0 Å². The number of carbonyl (C=O) groups excluding carboxylic acids is 1. The van der Waals surface area contributed by atoms with E-state index in [1.165, 1.54) is 11.3 Å². The Morgan fingerprint density at radius 2 is 2.19 bits per heavy atom. The maximum absolute atomic E-state index is 12.6. The van der Waals surface area contributed by atoms with Gasteiger partial charge in [0.15, 0.2) is 5.13 Å². The molecule has 1 aromatic carbocycles. The maximum atomic E-state index is 12.6. The molecule has 1 amide bonds. The van der Waals surface area contributed by atoms with E-state index in [2.05, 4.69) is 4.98 Å². The van der Waals surface area contributed by atoms with Crippen LogP contribution in [0.4, 0.5) is 5.13 Å². The number of hydrogen-bond donors (Lipinski definition) is 2. The van der Waals surface area contributed by atoms with Crippen molar-refractivity contribution < 1.29 is 9.90 Å². The second-order valence-corrected chi connectivity index (χ2v) is 6.63.